The van der Waals surface area contributed by atoms with Crippen LogP contribution in [0.5, 0.6) is 0 Å². The third-order valence-electron chi connectivity index (χ3n) is 5.43. The van der Waals surface area contributed by atoms with Crippen LogP contribution in [0.15, 0.2) is 24.3 Å². The molecular weight excluding hydrogens is 350 g/mol. The molecule has 6 heteroatoms. The smallest absolute Gasteiger partial charge is 0.251 e. The summed E-state index contributed by atoms with van der Waals surface area (Å²) in [6.07, 6.45) is 6.73. The van der Waals surface area contributed by atoms with Crippen LogP contribution in [0.3, 0.4) is 0 Å². The van der Waals surface area contributed by atoms with E-state index in [4.69, 9.17) is 11.6 Å². The number of hydrogen-bond donors (Lipinski definition) is 2. The number of hydrogen-bond acceptors (Lipinski definition) is 3. The van der Waals surface area contributed by atoms with Crippen molar-refractivity contribution in [2.75, 3.05) is 26.2 Å². The quantitative estimate of drug-likeness (QED) is 0.801. The van der Waals surface area contributed by atoms with E-state index in [2.05, 4.69) is 15.5 Å². The highest BCUT2D eigenvalue weighted by molar-refractivity contribution is 6.30. The van der Waals surface area contributed by atoms with Gasteiger partial charge in [0.05, 0.1) is 6.54 Å². The lowest BCUT2D eigenvalue weighted by Gasteiger charge is -2.31. The topological polar surface area (TPSA) is 61.4 Å². The molecule has 1 aliphatic heterocycles. The highest BCUT2D eigenvalue weighted by Crippen LogP contribution is 2.19. The monoisotopic (exact) mass is 377 g/mol. The third-order valence-corrected chi connectivity index (χ3v) is 5.67. The molecule has 3 rings (SSSR count). The van der Waals surface area contributed by atoms with E-state index < -0.39 is 0 Å². The van der Waals surface area contributed by atoms with Gasteiger partial charge >= 0.3 is 0 Å². The van der Waals surface area contributed by atoms with Crippen molar-refractivity contribution in [2.45, 2.75) is 44.6 Å². The molecule has 0 unspecified atom stereocenters. The highest BCUT2D eigenvalue weighted by atomic mass is 35.5. The molecular formula is C20H28ClN3O2. The Morgan fingerprint density at radius 1 is 1.12 bits per heavy atom. The summed E-state index contributed by atoms with van der Waals surface area (Å²) >= 11 is 5.93. The standard InChI is InChI=1S/C20H28ClN3O2/c21-17-5-3-4-16(12-17)20(26)22-13-15-8-10-24(11-9-15)14-19(25)23-18-6-1-2-7-18/h3-5,12,15,18H,1-2,6-11,13-14H2,(H,22,26)(H,23,25). The van der Waals surface area contributed by atoms with E-state index in [9.17, 15) is 9.59 Å². The van der Waals surface area contributed by atoms with Crippen LogP contribution >= 0.6 is 11.6 Å². The van der Waals surface area contributed by atoms with Crippen LogP contribution in [0.25, 0.3) is 0 Å². The molecule has 1 aromatic carbocycles. The maximum absolute atomic E-state index is 12.2. The van der Waals surface area contributed by atoms with Crippen molar-refractivity contribution in [1.82, 2.24) is 15.5 Å². The van der Waals surface area contributed by atoms with Crippen molar-refractivity contribution >= 4 is 23.4 Å². The molecule has 1 saturated heterocycles. The van der Waals surface area contributed by atoms with Gasteiger partial charge in [0.15, 0.2) is 0 Å². The second-order valence-corrected chi connectivity index (χ2v) is 7.93. The van der Waals surface area contributed by atoms with Gasteiger partial charge < -0.3 is 10.6 Å². The number of rotatable bonds is 6. The molecule has 2 amide bonds. The maximum Gasteiger partial charge on any atom is 0.251 e. The number of nitrogens with one attached hydrogen (secondary N) is 2. The van der Waals surface area contributed by atoms with E-state index in [0.717, 1.165) is 38.8 Å². The molecule has 142 valence electrons. The van der Waals surface area contributed by atoms with Gasteiger partial charge in [-0.3, -0.25) is 14.5 Å². The van der Waals surface area contributed by atoms with E-state index in [1.807, 2.05) is 0 Å². The minimum absolute atomic E-state index is 0.0779. The van der Waals surface area contributed by atoms with Crippen molar-refractivity contribution in [3.05, 3.63) is 34.9 Å². The van der Waals surface area contributed by atoms with Crippen molar-refractivity contribution in [1.29, 1.82) is 0 Å². The summed E-state index contributed by atoms with van der Waals surface area (Å²) in [4.78, 5) is 26.5. The number of nitrogens with zero attached hydrogens (tertiary/aromatic N) is 1. The van der Waals surface area contributed by atoms with Crippen LogP contribution in [-0.4, -0.2) is 48.9 Å². The Labute approximate surface area is 160 Å². The van der Waals surface area contributed by atoms with Gasteiger partial charge in [-0.25, -0.2) is 0 Å². The summed E-state index contributed by atoms with van der Waals surface area (Å²) in [7, 11) is 0. The molecule has 1 heterocycles. The molecule has 0 aromatic heterocycles. The fourth-order valence-corrected chi connectivity index (χ4v) is 4.05. The zero-order valence-electron chi connectivity index (χ0n) is 15.2. The molecule has 5 nitrogen and oxygen atoms in total. The fraction of sp³-hybridized carbons (Fsp3) is 0.600. The van der Waals surface area contributed by atoms with E-state index >= 15 is 0 Å². The number of piperidine rings is 1. The lowest BCUT2D eigenvalue weighted by Crippen LogP contribution is -2.45. The Morgan fingerprint density at radius 2 is 1.85 bits per heavy atom. The normalized spacial score (nSPS) is 19.4. The average molecular weight is 378 g/mol. The van der Waals surface area contributed by atoms with Crippen molar-refractivity contribution in [2.24, 2.45) is 5.92 Å². The van der Waals surface area contributed by atoms with Crippen LogP contribution in [0.1, 0.15) is 48.9 Å². The molecule has 1 aliphatic carbocycles. The van der Waals surface area contributed by atoms with Crippen LogP contribution < -0.4 is 10.6 Å². The minimum atomic E-state index is -0.0779. The Balaban J connectivity index is 1.34. The van der Waals surface area contributed by atoms with E-state index in [-0.39, 0.29) is 11.8 Å². The van der Waals surface area contributed by atoms with Crippen molar-refractivity contribution < 1.29 is 9.59 Å². The highest BCUT2D eigenvalue weighted by Gasteiger charge is 2.23. The average Bonchev–Trinajstić information content (AvgIpc) is 3.13. The molecule has 0 bridgehead atoms. The Morgan fingerprint density at radius 3 is 2.54 bits per heavy atom. The van der Waals surface area contributed by atoms with Crippen LogP contribution in [0.2, 0.25) is 5.02 Å². The lowest BCUT2D eigenvalue weighted by atomic mass is 9.96. The third kappa shape index (κ3) is 5.71. The van der Waals surface area contributed by atoms with E-state index in [0.29, 0.717) is 35.6 Å². The summed E-state index contributed by atoms with van der Waals surface area (Å²) in [5, 5.41) is 6.73. The first-order valence-electron chi connectivity index (χ1n) is 9.65. The van der Waals surface area contributed by atoms with Gasteiger partial charge in [0.25, 0.3) is 5.91 Å². The fourth-order valence-electron chi connectivity index (χ4n) is 3.86. The minimum Gasteiger partial charge on any atom is -0.352 e. The molecule has 1 saturated carbocycles. The van der Waals surface area contributed by atoms with Gasteiger partial charge in [-0.05, 0) is 62.9 Å². The molecule has 26 heavy (non-hydrogen) atoms. The second-order valence-electron chi connectivity index (χ2n) is 7.49. The zero-order valence-corrected chi connectivity index (χ0v) is 15.9. The van der Waals surface area contributed by atoms with Crippen molar-refractivity contribution in [3.8, 4) is 0 Å². The number of carbonyl (C=O) groups is 2. The molecule has 0 radical (unpaired) electrons. The first-order chi connectivity index (χ1) is 12.6. The SMILES string of the molecule is O=C(CN1CCC(CNC(=O)c2cccc(Cl)c2)CC1)NC1CCCC1. The lowest BCUT2D eigenvalue weighted by molar-refractivity contribution is -0.123. The van der Waals surface area contributed by atoms with Gasteiger partial charge in [0.1, 0.15) is 0 Å². The number of halogens is 1. The summed E-state index contributed by atoms with van der Waals surface area (Å²) in [5.74, 6) is 0.544. The molecule has 0 spiro atoms. The zero-order chi connectivity index (χ0) is 18.4. The maximum atomic E-state index is 12.2. The van der Waals surface area contributed by atoms with Crippen LogP contribution in [-0.2, 0) is 4.79 Å². The molecule has 2 aliphatic rings. The number of amides is 2. The summed E-state index contributed by atoms with van der Waals surface area (Å²) < 4.78 is 0. The van der Waals surface area contributed by atoms with Crippen LogP contribution in [0, 0.1) is 5.92 Å². The first-order valence-corrected chi connectivity index (χ1v) is 10.0. The van der Waals surface area contributed by atoms with E-state index in [1.165, 1.54) is 12.8 Å². The number of likely N-dealkylation sites (tertiary alicyclic amines) is 1. The Bertz CT molecular complexity index is 623. The molecule has 2 fully saturated rings. The summed E-state index contributed by atoms with van der Waals surface area (Å²) in [5.41, 5.74) is 0.596. The molecule has 0 atom stereocenters. The summed E-state index contributed by atoms with van der Waals surface area (Å²) in [6.45, 7) is 3.00. The Kier molecular flexibility index (Phi) is 6.92. The molecule has 2 N–H and O–H groups in total. The number of benzene rings is 1. The second kappa shape index (κ2) is 9.38. The van der Waals surface area contributed by atoms with Gasteiger partial charge in [0.2, 0.25) is 5.91 Å². The van der Waals surface area contributed by atoms with Gasteiger partial charge in [-0.1, -0.05) is 30.5 Å². The van der Waals surface area contributed by atoms with Gasteiger partial charge in [-0.15, -0.1) is 0 Å². The first kappa shape index (κ1) is 19.2. The summed E-state index contributed by atoms with van der Waals surface area (Å²) in [6, 6.07) is 7.39. The van der Waals surface area contributed by atoms with E-state index in [1.54, 1.807) is 24.3 Å². The van der Waals surface area contributed by atoms with Crippen molar-refractivity contribution in [3.63, 3.8) is 0 Å². The van der Waals surface area contributed by atoms with Gasteiger partial charge in [0, 0.05) is 23.2 Å². The molecule has 1 aromatic rings. The largest absolute Gasteiger partial charge is 0.352 e. The Hall–Kier alpha value is -1.59. The van der Waals surface area contributed by atoms with Gasteiger partial charge in [-0.2, -0.15) is 0 Å². The van der Waals surface area contributed by atoms with Crippen LogP contribution in [0.4, 0.5) is 0 Å². The predicted octanol–water partition coefficient (Wildman–Crippen LogP) is 2.84. The predicted molar refractivity (Wildman–Crippen MR) is 103 cm³/mol. The number of carbonyl (C=O) groups excluding carboxylic acids is 2.